The van der Waals surface area contributed by atoms with Gasteiger partial charge in [-0.25, -0.2) is 4.79 Å². The number of rotatable bonds is 8. The fourth-order valence-corrected chi connectivity index (χ4v) is 3.51. The maximum absolute atomic E-state index is 12.0. The molecule has 0 aromatic heterocycles. The molecule has 1 aromatic rings. The molecule has 0 radical (unpaired) electrons. The summed E-state index contributed by atoms with van der Waals surface area (Å²) in [6.07, 6.45) is 5.96. The van der Waals surface area contributed by atoms with Crippen molar-refractivity contribution in [2.24, 2.45) is 5.92 Å². The molecule has 27 heavy (non-hydrogen) atoms. The van der Waals surface area contributed by atoms with Crippen molar-refractivity contribution < 1.29 is 19.4 Å². The third kappa shape index (κ3) is 8.76. The van der Waals surface area contributed by atoms with Gasteiger partial charge in [0.1, 0.15) is 11.7 Å². The topological polar surface area (TPSA) is 67.8 Å². The van der Waals surface area contributed by atoms with Gasteiger partial charge in [-0.3, -0.25) is 5.32 Å². The van der Waals surface area contributed by atoms with E-state index in [-0.39, 0.29) is 0 Å². The van der Waals surface area contributed by atoms with Crippen LogP contribution >= 0.6 is 0 Å². The smallest absolute Gasteiger partial charge is 0.409 e. The van der Waals surface area contributed by atoms with E-state index in [2.05, 4.69) is 5.32 Å². The van der Waals surface area contributed by atoms with E-state index in [1.807, 2.05) is 30.3 Å². The fraction of sp³-hybridized carbons (Fsp3) is 0.682. The SMILES string of the molecule is CC(C)(C)OC(=O)N[C@@H](O)[C@@H](CCC1CCCCC1)OCc1ccccc1. The standard InChI is InChI=1S/C22H35NO4/c1-22(2,3)27-21(25)23-20(24)19(15-14-17-10-6-4-7-11-17)26-16-18-12-8-5-9-13-18/h5,8-9,12-13,17,19-20,24H,4,6-7,10-11,14-16H2,1-3H3,(H,23,25)/t19-,20+/m1/s1. The number of hydrogen-bond donors (Lipinski definition) is 2. The first-order valence-corrected chi connectivity index (χ1v) is 10.2. The van der Waals surface area contributed by atoms with Gasteiger partial charge in [0.2, 0.25) is 0 Å². The minimum absolute atomic E-state index is 0.406. The lowest BCUT2D eigenvalue weighted by Crippen LogP contribution is -2.46. The molecule has 0 spiro atoms. The van der Waals surface area contributed by atoms with Gasteiger partial charge in [0, 0.05) is 0 Å². The van der Waals surface area contributed by atoms with E-state index >= 15 is 0 Å². The molecule has 2 N–H and O–H groups in total. The quantitative estimate of drug-likeness (QED) is 0.640. The second kappa shape index (κ2) is 10.7. The van der Waals surface area contributed by atoms with Gasteiger partial charge in [-0.2, -0.15) is 0 Å². The van der Waals surface area contributed by atoms with Crippen molar-refractivity contribution in [1.29, 1.82) is 0 Å². The summed E-state index contributed by atoms with van der Waals surface area (Å²) >= 11 is 0. The van der Waals surface area contributed by atoms with Crippen molar-refractivity contribution in [1.82, 2.24) is 5.32 Å². The molecule has 1 fully saturated rings. The van der Waals surface area contributed by atoms with Crippen LogP contribution in [0, 0.1) is 5.92 Å². The van der Waals surface area contributed by atoms with Crippen LogP contribution in [0.3, 0.4) is 0 Å². The van der Waals surface area contributed by atoms with E-state index in [1.54, 1.807) is 20.8 Å². The molecule has 2 atom stereocenters. The Hall–Kier alpha value is -1.59. The van der Waals surface area contributed by atoms with Crippen molar-refractivity contribution in [3.05, 3.63) is 35.9 Å². The Morgan fingerprint density at radius 1 is 1.19 bits per heavy atom. The van der Waals surface area contributed by atoms with E-state index in [0.717, 1.165) is 12.0 Å². The molecule has 5 heteroatoms. The van der Waals surface area contributed by atoms with Crippen molar-refractivity contribution >= 4 is 6.09 Å². The zero-order chi connectivity index (χ0) is 19.7. The molecular weight excluding hydrogens is 342 g/mol. The fourth-order valence-electron chi connectivity index (χ4n) is 3.51. The van der Waals surface area contributed by atoms with E-state index < -0.39 is 24.0 Å². The molecule has 1 aliphatic carbocycles. The van der Waals surface area contributed by atoms with Gasteiger partial charge in [0.05, 0.1) is 6.61 Å². The first-order valence-electron chi connectivity index (χ1n) is 10.2. The molecule has 0 unspecified atom stereocenters. The number of ether oxygens (including phenoxy) is 2. The number of carbonyl (C=O) groups is 1. The van der Waals surface area contributed by atoms with Crippen molar-refractivity contribution in [2.45, 2.75) is 90.3 Å². The molecule has 1 aliphatic rings. The van der Waals surface area contributed by atoms with Crippen LogP contribution in [0.15, 0.2) is 30.3 Å². The summed E-state index contributed by atoms with van der Waals surface area (Å²) in [5.74, 6) is 0.690. The van der Waals surface area contributed by atoms with Crippen molar-refractivity contribution in [3.8, 4) is 0 Å². The average Bonchev–Trinajstić information content (AvgIpc) is 2.61. The lowest BCUT2D eigenvalue weighted by Gasteiger charge is -2.28. The maximum Gasteiger partial charge on any atom is 0.409 e. The highest BCUT2D eigenvalue weighted by Gasteiger charge is 2.26. The van der Waals surface area contributed by atoms with Gasteiger partial charge in [0.15, 0.2) is 6.23 Å². The Balaban J connectivity index is 1.90. The van der Waals surface area contributed by atoms with E-state index in [9.17, 15) is 9.90 Å². The lowest BCUT2D eigenvalue weighted by molar-refractivity contribution is -0.0675. The molecule has 0 bridgehead atoms. The predicted octanol–water partition coefficient (Wildman–Crippen LogP) is 4.78. The van der Waals surface area contributed by atoms with Crippen LogP contribution in [0.4, 0.5) is 4.79 Å². The number of hydrogen-bond acceptors (Lipinski definition) is 4. The molecule has 1 amide bonds. The Kier molecular flexibility index (Phi) is 8.58. The number of nitrogens with one attached hydrogen (secondary N) is 1. The van der Waals surface area contributed by atoms with Crippen LogP contribution in [0.2, 0.25) is 0 Å². The summed E-state index contributed by atoms with van der Waals surface area (Å²) in [5, 5.41) is 13.1. The molecule has 1 saturated carbocycles. The van der Waals surface area contributed by atoms with Crippen LogP contribution in [-0.4, -0.2) is 29.1 Å². The summed E-state index contributed by atoms with van der Waals surface area (Å²) in [6.45, 7) is 5.80. The van der Waals surface area contributed by atoms with Gasteiger partial charge in [-0.1, -0.05) is 62.4 Å². The number of aliphatic hydroxyl groups excluding tert-OH is 1. The zero-order valence-corrected chi connectivity index (χ0v) is 16.9. The van der Waals surface area contributed by atoms with Crippen LogP contribution in [-0.2, 0) is 16.1 Å². The molecule has 0 saturated heterocycles. The molecule has 152 valence electrons. The molecule has 5 nitrogen and oxygen atoms in total. The molecule has 0 heterocycles. The van der Waals surface area contributed by atoms with Gasteiger partial charge in [0.25, 0.3) is 0 Å². The maximum atomic E-state index is 12.0. The lowest BCUT2D eigenvalue weighted by atomic mass is 9.85. The summed E-state index contributed by atoms with van der Waals surface area (Å²) in [6, 6.07) is 9.87. The second-order valence-electron chi connectivity index (χ2n) is 8.51. The summed E-state index contributed by atoms with van der Waals surface area (Å²) in [7, 11) is 0. The number of alkyl carbamates (subject to hydrolysis) is 1. The molecular formula is C22H35NO4. The van der Waals surface area contributed by atoms with Gasteiger partial charge >= 0.3 is 6.09 Å². The summed E-state index contributed by atoms with van der Waals surface area (Å²) in [4.78, 5) is 12.0. The predicted molar refractivity (Wildman–Crippen MR) is 106 cm³/mol. The van der Waals surface area contributed by atoms with Crippen LogP contribution in [0.1, 0.15) is 71.3 Å². The first kappa shape index (κ1) is 21.7. The van der Waals surface area contributed by atoms with Crippen LogP contribution in [0.5, 0.6) is 0 Å². The normalized spacial score (nSPS) is 17.9. The number of amides is 1. The Morgan fingerprint density at radius 3 is 2.48 bits per heavy atom. The van der Waals surface area contributed by atoms with Crippen molar-refractivity contribution in [3.63, 3.8) is 0 Å². The third-order valence-electron chi connectivity index (χ3n) is 4.91. The van der Waals surface area contributed by atoms with Crippen LogP contribution in [0.25, 0.3) is 0 Å². The number of carbonyl (C=O) groups excluding carboxylic acids is 1. The van der Waals surface area contributed by atoms with Crippen LogP contribution < -0.4 is 5.32 Å². The van der Waals surface area contributed by atoms with Gasteiger partial charge in [-0.05, 0) is 45.1 Å². The second-order valence-corrected chi connectivity index (χ2v) is 8.51. The highest BCUT2D eigenvalue weighted by Crippen LogP contribution is 2.28. The monoisotopic (exact) mass is 377 g/mol. The van der Waals surface area contributed by atoms with Crippen molar-refractivity contribution in [2.75, 3.05) is 0 Å². The molecule has 2 rings (SSSR count). The first-order chi connectivity index (χ1) is 12.8. The minimum Gasteiger partial charge on any atom is -0.444 e. The zero-order valence-electron chi connectivity index (χ0n) is 16.9. The number of benzene rings is 1. The Labute approximate surface area is 163 Å². The average molecular weight is 378 g/mol. The number of aliphatic hydroxyl groups is 1. The molecule has 0 aliphatic heterocycles. The van der Waals surface area contributed by atoms with E-state index in [1.165, 1.54) is 32.1 Å². The largest absolute Gasteiger partial charge is 0.444 e. The highest BCUT2D eigenvalue weighted by atomic mass is 16.6. The molecule has 1 aromatic carbocycles. The highest BCUT2D eigenvalue weighted by molar-refractivity contribution is 5.67. The van der Waals surface area contributed by atoms with E-state index in [4.69, 9.17) is 9.47 Å². The van der Waals surface area contributed by atoms with Gasteiger partial charge < -0.3 is 14.6 Å². The minimum atomic E-state index is -1.09. The summed E-state index contributed by atoms with van der Waals surface area (Å²) < 4.78 is 11.2. The van der Waals surface area contributed by atoms with E-state index in [0.29, 0.717) is 18.9 Å². The Bertz CT molecular complexity index is 549. The Morgan fingerprint density at radius 2 is 1.85 bits per heavy atom. The third-order valence-corrected chi connectivity index (χ3v) is 4.91. The van der Waals surface area contributed by atoms with Gasteiger partial charge in [-0.15, -0.1) is 0 Å². The summed E-state index contributed by atoms with van der Waals surface area (Å²) in [5.41, 5.74) is 0.441.